The molecular weight excluding hydrogens is 389 g/mol. The number of nitrogens with one attached hydrogen (secondary N) is 2. The fraction of sp³-hybridized carbons (Fsp3) is 0.267. The number of hydroxylamine groups is 2. The number of carbonyl (C=O) groups excluding carboxylic acids is 5. The molecule has 2 N–H and O–H groups in total. The van der Waals surface area contributed by atoms with Crippen LogP contribution in [0, 0.1) is 0 Å². The van der Waals surface area contributed by atoms with Crippen LogP contribution in [0.3, 0.4) is 0 Å². The van der Waals surface area contributed by atoms with E-state index in [1.807, 2.05) is 0 Å². The molecule has 0 bridgehead atoms. The van der Waals surface area contributed by atoms with Crippen LogP contribution in [0.5, 0.6) is 0 Å². The molecule has 26 heavy (non-hydrogen) atoms. The normalized spacial score (nSPS) is 13.5. The van der Waals surface area contributed by atoms with Gasteiger partial charge in [0.15, 0.2) is 0 Å². The van der Waals surface area contributed by atoms with Crippen molar-refractivity contribution in [2.75, 3.05) is 22.4 Å². The second kappa shape index (κ2) is 8.63. The molecule has 1 fully saturated rings. The number of carbonyl (C=O) groups is 5. The third kappa shape index (κ3) is 4.70. The van der Waals surface area contributed by atoms with Crippen molar-refractivity contribution >= 4 is 64.2 Å². The fourth-order valence-electron chi connectivity index (χ4n) is 2.04. The lowest BCUT2D eigenvalue weighted by Crippen LogP contribution is -2.32. The van der Waals surface area contributed by atoms with E-state index >= 15 is 0 Å². The van der Waals surface area contributed by atoms with Crippen LogP contribution in [0.25, 0.3) is 0 Å². The molecule has 1 saturated heterocycles. The smallest absolute Gasteiger partial charge is 0.325 e. The Bertz CT molecular complexity index is 767. The van der Waals surface area contributed by atoms with Crippen molar-refractivity contribution in [1.29, 1.82) is 0 Å². The van der Waals surface area contributed by atoms with Crippen LogP contribution in [0.15, 0.2) is 18.2 Å². The Morgan fingerprint density at radius 2 is 1.50 bits per heavy atom. The number of anilines is 2. The zero-order valence-electron chi connectivity index (χ0n) is 13.2. The van der Waals surface area contributed by atoms with Gasteiger partial charge in [0, 0.05) is 12.8 Å². The van der Waals surface area contributed by atoms with E-state index in [1.165, 1.54) is 18.2 Å². The molecule has 1 aliphatic rings. The van der Waals surface area contributed by atoms with Crippen LogP contribution in [-0.2, 0) is 24.0 Å². The van der Waals surface area contributed by atoms with Gasteiger partial charge in [-0.05, 0) is 18.2 Å². The van der Waals surface area contributed by atoms with Crippen LogP contribution in [0.2, 0.25) is 0 Å². The number of hydrogen-bond acceptors (Lipinski definition) is 6. The summed E-state index contributed by atoms with van der Waals surface area (Å²) in [7, 11) is 0. The first-order valence-electron chi connectivity index (χ1n) is 7.29. The quantitative estimate of drug-likeness (QED) is 0.546. The lowest BCUT2D eigenvalue weighted by atomic mass is 10.1. The van der Waals surface area contributed by atoms with Crippen LogP contribution in [0.1, 0.15) is 23.2 Å². The first kappa shape index (κ1) is 19.7. The Balaban J connectivity index is 2.25. The molecular formula is C15H13Cl2N3O6. The predicted molar refractivity (Wildman–Crippen MR) is 91.6 cm³/mol. The maximum absolute atomic E-state index is 12.2. The third-order valence-electron chi connectivity index (χ3n) is 3.23. The summed E-state index contributed by atoms with van der Waals surface area (Å²) in [4.78, 5) is 63.0. The van der Waals surface area contributed by atoms with Gasteiger partial charge in [0.1, 0.15) is 11.8 Å². The molecule has 9 nitrogen and oxygen atoms in total. The van der Waals surface area contributed by atoms with Crippen molar-refractivity contribution in [3.63, 3.8) is 0 Å². The molecule has 0 radical (unpaired) electrons. The largest absolute Gasteiger partial charge is 0.363 e. The van der Waals surface area contributed by atoms with Gasteiger partial charge in [0.2, 0.25) is 11.8 Å². The van der Waals surface area contributed by atoms with Crippen molar-refractivity contribution in [1.82, 2.24) is 5.06 Å². The van der Waals surface area contributed by atoms with Crippen molar-refractivity contribution in [2.45, 2.75) is 12.8 Å². The molecule has 1 aromatic carbocycles. The summed E-state index contributed by atoms with van der Waals surface area (Å²) in [5.41, 5.74) is 0.188. The van der Waals surface area contributed by atoms with Crippen molar-refractivity contribution < 1.29 is 28.8 Å². The number of nitrogens with zero attached hydrogens (tertiary/aromatic N) is 1. The average Bonchev–Trinajstić information content (AvgIpc) is 2.94. The number of hydrogen-bond donors (Lipinski definition) is 2. The Morgan fingerprint density at radius 1 is 0.962 bits per heavy atom. The number of alkyl halides is 2. The maximum atomic E-state index is 12.2. The number of amides is 4. The van der Waals surface area contributed by atoms with Crippen LogP contribution in [0.4, 0.5) is 11.4 Å². The second-order valence-electron chi connectivity index (χ2n) is 5.08. The molecule has 0 saturated carbocycles. The number of imide groups is 1. The highest BCUT2D eigenvalue weighted by molar-refractivity contribution is 6.30. The van der Waals surface area contributed by atoms with Gasteiger partial charge in [-0.15, -0.1) is 28.3 Å². The molecule has 0 aromatic heterocycles. The van der Waals surface area contributed by atoms with E-state index in [1.54, 1.807) is 0 Å². The first-order valence-corrected chi connectivity index (χ1v) is 8.36. The molecule has 1 aromatic rings. The zero-order chi connectivity index (χ0) is 19.3. The zero-order valence-corrected chi connectivity index (χ0v) is 14.7. The summed E-state index contributed by atoms with van der Waals surface area (Å²) in [6.45, 7) is 0. The van der Waals surface area contributed by atoms with Crippen molar-refractivity contribution in [3.05, 3.63) is 23.8 Å². The second-order valence-corrected chi connectivity index (χ2v) is 5.62. The summed E-state index contributed by atoms with van der Waals surface area (Å²) < 4.78 is 0. The van der Waals surface area contributed by atoms with E-state index < -0.39 is 29.6 Å². The number of benzene rings is 1. The van der Waals surface area contributed by atoms with Crippen LogP contribution in [-0.4, -0.2) is 46.4 Å². The summed E-state index contributed by atoms with van der Waals surface area (Å²) in [6.07, 6.45) is -0.0704. The van der Waals surface area contributed by atoms with Gasteiger partial charge < -0.3 is 15.5 Å². The molecule has 0 spiro atoms. The third-order valence-corrected chi connectivity index (χ3v) is 3.71. The van der Waals surface area contributed by atoms with Crippen LogP contribution < -0.4 is 10.6 Å². The number of halogens is 2. The number of rotatable bonds is 6. The van der Waals surface area contributed by atoms with Crippen LogP contribution >= 0.6 is 23.2 Å². The molecule has 2 rings (SSSR count). The Labute approximate surface area is 157 Å². The summed E-state index contributed by atoms with van der Waals surface area (Å²) in [6, 6.07) is 3.83. The molecule has 4 amide bonds. The monoisotopic (exact) mass is 401 g/mol. The predicted octanol–water partition coefficient (Wildman–Crippen LogP) is 1.26. The van der Waals surface area contributed by atoms with Gasteiger partial charge in [-0.3, -0.25) is 19.2 Å². The fourth-order valence-corrected chi connectivity index (χ4v) is 2.18. The van der Waals surface area contributed by atoms with Gasteiger partial charge in [-0.25, -0.2) is 4.79 Å². The Hall–Kier alpha value is -2.65. The molecule has 0 aliphatic carbocycles. The van der Waals surface area contributed by atoms with E-state index in [4.69, 9.17) is 28.0 Å². The summed E-state index contributed by atoms with van der Waals surface area (Å²) in [5.74, 6) is -4.00. The van der Waals surface area contributed by atoms with E-state index in [0.29, 0.717) is 5.06 Å². The minimum Gasteiger partial charge on any atom is -0.325 e. The lowest BCUT2D eigenvalue weighted by molar-refractivity contribution is -0.172. The SMILES string of the molecule is O=C(CCl)Nc1ccc(C(=O)ON2C(=O)CCC2=O)cc1NC(=O)CCl. The minimum atomic E-state index is -0.981. The maximum Gasteiger partial charge on any atom is 0.363 e. The molecule has 0 unspecified atom stereocenters. The molecule has 0 atom stereocenters. The first-order chi connectivity index (χ1) is 12.3. The van der Waals surface area contributed by atoms with Crippen molar-refractivity contribution in [3.8, 4) is 0 Å². The van der Waals surface area contributed by atoms with Gasteiger partial charge >= 0.3 is 5.97 Å². The van der Waals surface area contributed by atoms with E-state index in [9.17, 15) is 24.0 Å². The standard InChI is InChI=1S/C15H13Cl2N3O6/c16-6-11(21)18-9-2-1-8(5-10(9)19-12(22)7-17)15(25)26-20-13(23)3-4-14(20)24/h1-2,5H,3-4,6-7H2,(H,18,21)(H,19,22). The molecule has 138 valence electrons. The van der Waals surface area contributed by atoms with Gasteiger partial charge in [0.05, 0.1) is 16.9 Å². The summed E-state index contributed by atoms with van der Waals surface area (Å²) in [5, 5.41) is 5.26. The van der Waals surface area contributed by atoms with E-state index in [2.05, 4.69) is 10.6 Å². The average molecular weight is 402 g/mol. The highest BCUT2D eigenvalue weighted by Gasteiger charge is 2.33. The van der Waals surface area contributed by atoms with Gasteiger partial charge in [-0.2, -0.15) is 0 Å². The molecule has 1 aliphatic heterocycles. The van der Waals surface area contributed by atoms with Crippen molar-refractivity contribution in [2.24, 2.45) is 0 Å². The highest BCUT2D eigenvalue weighted by Crippen LogP contribution is 2.25. The lowest BCUT2D eigenvalue weighted by Gasteiger charge is -2.15. The van der Waals surface area contributed by atoms with E-state index in [-0.39, 0.29) is 41.5 Å². The highest BCUT2D eigenvalue weighted by atomic mass is 35.5. The Morgan fingerprint density at radius 3 is 2.04 bits per heavy atom. The Kier molecular flexibility index (Phi) is 6.53. The minimum absolute atomic E-state index is 0.0352. The van der Waals surface area contributed by atoms with Gasteiger partial charge in [0.25, 0.3) is 11.8 Å². The summed E-state index contributed by atoms with van der Waals surface area (Å²) >= 11 is 10.9. The van der Waals surface area contributed by atoms with E-state index in [0.717, 1.165) is 0 Å². The topological polar surface area (TPSA) is 122 Å². The molecule has 1 heterocycles. The van der Waals surface area contributed by atoms with Gasteiger partial charge in [-0.1, -0.05) is 0 Å². The molecule has 11 heteroatoms.